The van der Waals surface area contributed by atoms with Crippen LogP contribution in [0, 0.1) is 43.4 Å². The second kappa shape index (κ2) is 11.5. The molecular weight excluding hydrogens is 482 g/mol. The van der Waals surface area contributed by atoms with E-state index in [1.165, 1.54) is 11.1 Å². The number of rotatable bonds is 9. The Balaban J connectivity index is 1.48. The van der Waals surface area contributed by atoms with Gasteiger partial charge in [0.05, 0.1) is 16.3 Å². The second-order valence-corrected chi connectivity index (χ2v) is 11.2. The molecule has 1 aliphatic rings. The van der Waals surface area contributed by atoms with Crippen LogP contribution in [-0.4, -0.2) is 29.1 Å². The average Bonchev–Trinajstić information content (AvgIpc) is 3.50. The SMILES string of the molecule is Cc1ccccc1C[C@@](C)(CCc1ccc(C#N)c(Cl)c1)C1CCN(C(=O)CCc2c(C)noc2C)C1. The number of halogens is 1. The molecule has 0 aliphatic carbocycles. The van der Waals surface area contributed by atoms with Gasteiger partial charge in [-0.3, -0.25) is 4.79 Å². The summed E-state index contributed by atoms with van der Waals surface area (Å²) in [7, 11) is 0. The van der Waals surface area contributed by atoms with E-state index >= 15 is 0 Å². The minimum absolute atomic E-state index is 0.0170. The van der Waals surface area contributed by atoms with Crippen LogP contribution in [0.25, 0.3) is 0 Å². The van der Waals surface area contributed by atoms with Gasteiger partial charge < -0.3 is 9.42 Å². The molecule has 1 fully saturated rings. The zero-order chi connectivity index (χ0) is 26.6. The fourth-order valence-corrected chi connectivity index (χ4v) is 5.96. The number of likely N-dealkylation sites (tertiary alicyclic amines) is 1. The number of hydrogen-bond donors (Lipinski definition) is 0. The molecule has 194 valence electrons. The van der Waals surface area contributed by atoms with Crippen molar-refractivity contribution in [3.63, 3.8) is 0 Å². The third-order valence-corrected chi connectivity index (χ3v) is 8.60. The summed E-state index contributed by atoms with van der Waals surface area (Å²) in [4.78, 5) is 15.2. The fraction of sp³-hybridized carbons (Fsp3) is 0.452. The Bertz CT molecular complexity index is 1290. The average molecular weight is 518 g/mol. The number of carbonyl (C=O) groups excluding carboxylic acids is 1. The number of hydrogen-bond acceptors (Lipinski definition) is 4. The van der Waals surface area contributed by atoms with Gasteiger partial charge in [0, 0.05) is 25.1 Å². The standard InChI is InChI=1S/C31H36ClN3O2/c1-21-7-5-6-8-25(21)18-31(4,15-13-24-9-10-26(19-33)29(32)17-24)27-14-16-35(20-27)30(36)12-11-28-22(2)34-37-23(28)3/h5-10,17,27H,11-16,18,20H2,1-4H3/t27?,31-/m1/s1. The Morgan fingerprint density at radius 1 is 1.22 bits per heavy atom. The largest absolute Gasteiger partial charge is 0.361 e. The zero-order valence-electron chi connectivity index (χ0n) is 22.3. The molecule has 2 aromatic carbocycles. The van der Waals surface area contributed by atoms with Gasteiger partial charge in [0.25, 0.3) is 0 Å². The number of aryl methyl sites for hydroxylation is 4. The third-order valence-electron chi connectivity index (χ3n) is 8.29. The number of benzene rings is 2. The minimum atomic E-state index is 0.0170. The summed E-state index contributed by atoms with van der Waals surface area (Å²) >= 11 is 6.32. The normalized spacial score (nSPS) is 17.0. The Labute approximate surface area is 225 Å². The van der Waals surface area contributed by atoms with E-state index in [0.717, 1.165) is 61.4 Å². The van der Waals surface area contributed by atoms with Crippen LogP contribution < -0.4 is 0 Å². The van der Waals surface area contributed by atoms with Gasteiger partial charge in [-0.25, -0.2) is 0 Å². The van der Waals surface area contributed by atoms with Crippen LogP contribution in [-0.2, 0) is 24.1 Å². The molecule has 3 aromatic rings. The van der Waals surface area contributed by atoms with E-state index in [1.807, 2.05) is 32.0 Å². The van der Waals surface area contributed by atoms with Crippen molar-refractivity contribution in [1.82, 2.24) is 10.1 Å². The van der Waals surface area contributed by atoms with Gasteiger partial charge in [0.15, 0.2) is 0 Å². The first-order valence-electron chi connectivity index (χ1n) is 13.1. The topological polar surface area (TPSA) is 70.1 Å². The zero-order valence-corrected chi connectivity index (χ0v) is 23.1. The van der Waals surface area contributed by atoms with E-state index in [1.54, 1.807) is 0 Å². The Morgan fingerprint density at radius 2 is 2.00 bits per heavy atom. The molecule has 6 heteroatoms. The second-order valence-electron chi connectivity index (χ2n) is 10.8. The van der Waals surface area contributed by atoms with Crippen LogP contribution in [0.4, 0.5) is 0 Å². The fourth-order valence-electron chi connectivity index (χ4n) is 5.72. The highest BCUT2D eigenvalue weighted by molar-refractivity contribution is 6.31. The third kappa shape index (κ3) is 6.25. The first-order valence-corrected chi connectivity index (χ1v) is 13.5. The molecule has 1 aromatic heterocycles. The predicted molar refractivity (Wildman–Crippen MR) is 146 cm³/mol. The van der Waals surface area contributed by atoms with Gasteiger partial charge in [-0.15, -0.1) is 0 Å². The van der Waals surface area contributed by atoms with Crippen LogP contribution >= 0.6 is 11.6 Å². The molecule has 0 N–H and O–H groups in total. The Morgan fingerprint density at radius 3 is 2.68 bits per heavy atom. The van der Waals surface area contributed by atoms with E-state index in [9.17, 15) is 10.1 Å². The van der Waals surface area contributed by atoms with Gasteiger partial charge in [0.1, 0.15) is 11.8 Å². The molecule has 0 bridgehead atoms. The van der Waals surface area contributed by atoms with Crippen molar-refractivity contribution >= 4 is 17.5 Å². The summed E-state index contributed by atoms with van der Waals surface area (Å²) in [6.45, 7) is 9.99. The molecule has 1 aliphatic heterocycles. The monoisotopic (exact) mass is 517 g/mol. The lowest BCUT2D eigenvalue weighted by Gasteiger charge is -2.37. The van der Waals surface area contributed by atoms with Crippen molar-refractivity contribution in [2.75, 3.05) is 13.1 Å². The van der Waals surface area contributed by atoms with Gasteiger partial charge in [-0.2, -0.15) is 5.26 Å². The molecule has 1 saturated heterocycles. The molecule has 5 nitrogen and oxygen atoms in total. The molecule has 0 spiro atoms. The van der Waals surface area contributed by atoms with Gasteiger partial charge >= 0.3 is 0 Å². The van der Waals surface area contributed by atoms with Gasteiger partial charge in [0.2, 0.25) is 5.91 Å². The van der Waals surface area contributed by atoms with E-state index in [2.05, 4.69) is 54.2 Å². The molecular formula is C31H36ClN3O2. The van der Waals surface area contributed by atoms with E-state index in [-0.39, 0.29) is 11.3 Å². The number of aromatic nitrogens is 1. The molecule has 0 radical (unpaired) electrons. The van der Waals surface area contributed by atoms with Gasteiger partial charge in [-0.05, 0) is 93.0 Å². The minimum Gasteiger partial charge on any atom is -0.361 e. The quantitative estimate of drug-likeness (QED) is 0.313. The van der Waals surface area contributed by atoms with Crippen LogP contribution in [0.5, 0.6) is 0 Å². The number of nitriles is 1. The lowest BCUT2D eigenvalue weighted by Crippen LogP contribution is -2.35. The number of nitrogens with zero attached hydrogens (tertiary/aromatic N) is 3. The smallest absolute Gasteiger partial charge is 0.222 e. The highest BCUT2D eigenvalue weighted by atomic mass is 35.5. The molecule has 4 rings (SSSR count). The van der Waals surface area contributed by atoms with Gasteiger partial charge in [-0.1, -0.05) is 54.0 Å². The summed E-state index contributed by atoms with van der Waals surface area (Å²) < 4.78 is 5.27. The highest BCUT2D eigenvalue weighted by Gasteiger charge is 2.40. The molecule has 2 atom stereocenters. The number of carbonyl (C=O) groups is 1. The molecule has 1 amide bonds. The summed E-state index contributed by atoms with van der Waals surface area (Å²) in [6, 6.07) is 16.5. The van der Waals surface area contributed by atoms with Crippen LogP contribution in [0.3, 0.4) is 0 Å². The molecule has 0 saturated carbocycles. The molecule has 1 unspecified atom stereocenters. The van der Waals surface area contributed by atoms with E-state index in [4.69, 9.17) is 16.1 Å². The van der Waals surface area contributed by atoms with Crippen LogP contribution in [0.2, 0.25) is 5.02 Å². The van der Waals surface area contributed by atoms with Crippen molar-refractivity contribution in [3.8, 4) is 6.07 Å². The van der Waals surface area contributed by atoms with E-state index < -0.39 is 0 Å². The van der Waals surface area contributed by atoms with Crippen molar-refractivity contribution < 1.29 is 9.32 Å². The lowest BCUT2D eigenvalue weighted by molar-refractivity contribution is -0.130. The van der Waals surface area contributed by atoms with Crippen LogP contribution in [0.15, 0.2) is 47.0 Å². The van der Waals surface area contributed by atoms with Crippen molar-refractivity contribution in [3.05, 3.63) is 86.8 Å². The van der Waals surface area contributed by atoms with E-state index in [0.29, 0.717) is 29.3 Å². The first-order chi connectivity index (χ1) is 17.7. The van der Waals surface area contributed by atoms with Crippen molar-refractivity contribution in [1.29, 1.82) is 5.26 Å². The Kier molecular flexibility index (Phi) is 8.39. The maximum atomic E-state index is 13.2. The number of amides is 1. The lowest BCUT2D eigenvalue weighted by atomic mass is 9.68. The maximum absolute atomic E-state index is 13.2. The Hall–Kier alpha value is -3.10. The summed E-state index contributed by atoms with van der Waals surface area (Å²) in [5.41, 5.74) is 6.27. The first kappa shape index (κ1) is 26.9. The predicted octanol–water partition coefficient (Wildman–Crippen LogP) is 6.79. The maximum Gasteiger partial charge on any atom is 0.222 e. The summed E-state index contributed by atoms with van der Waals surface area (Å²) in [5.74, 6) is 1.42. The highest BCUT2D eigenvalue weighted by Crippen LogP contribution is 2.42. The van der Waals surface area contributed by atoms with Crippen LogP contribution in [0.1, 0.15) is 65.5 Å². The van der Waals surface area contributed by atoms with Crippen molar-refractivity contribution in [2.45, 2.75) is 66.2 Å². The summed E-state index contributed by atoms with van der Waals surface area (Å²) in [5, 5.41) is 13.7. The summed E-state index contributed by atoms with van der Waals surface area (Å²) in [6.07, 6.45) is 4.98. The molecule has 37 heavy (non-hydrogen) atoms. The van der Waals surface area contributed by atoms with Crippen molar-refractivity contribution in [2.24, 2.45) is 11.3 Å². The molecule has 2 heterocycles.